The fraction of sp³-hybridized carbons (Fsp3) is 0.800. The van der Waals surface area contributed by atoms with E-state index in [0.717, 1.165) is 5.20 Å². The number of rotatable bonds is 16. The van der Waals surface area contributed by atoms with Crippen molar-refractivity contribution in [3.63, 3.8) is 0 Å². The van der Waals surface area contributed by atoms with E-state index in [4.69, 9.17) is 26.6 Å². The predicted octanol–water partition coefficient (Wildman–Crippen LogP) is 3.63. The first-order chi connectivity index (χ1) is 14.0. The molecule has 9 heteroatoms. The molecule has 1 aliphatic rings. The van der Waals surface area contributed by atoms with E-state index < -0.39 is 22.6 Å². The lowest BCUT2D eigenvalue weighted by Crippen LogP contribution is -2.57. The van der Waals surface area contributed by atoms with Crippen LogP contribution >= 0.6 is 0 Å². The van der Waals surface area contributed by atoms with Gasteiger partial charge in [0.25, 0.3) is 0 Å². The van der Waals surface area contributed by atoms with Crippen molar-refractivity contribution in [3.8, 4) is 0 Å². The first kappa shape index (κ1) is 26.7. The molecule has 0 fully saturated rings. The van der Waals surface area contributed by atoms with Crippen LogP contribution in [0.2, 0.25) is 5.04 Å². The Balaban J connectivity index is 3.38. The molecule has 1 atom stereocenters. The van der Waals surface area contributed by atoms with E-state index in [1.165, 1.54) is 0 Å². The molecule has 1 N–H and O–H groups in total. The summed E-state index contributed by atoms with van der Waals surface area (Å²) < 4.78 is 36.7. The summed E-state index contributed by atoms with van der Waals surface area (Å²) in [6, 6.07) is 0. The molecule has 0 radical (unpaired) electrons. The number of hydrogen-bond donors (Lipinski definition) is 1. The third-order valence-corrected chi connectivity index (χ3v) is 11.7. The zero-order valence-corrected chi connectivity index (χ0v) is 21.0. The van der Waals surface area contributed by atoms with Crippen LogP contribution in [-0.4, -0.2) is 69.0 Å². The summed E-state index contributed by atoms with van der Waals surface area (Å²) >= 11 is 0. The number of hydrogen-bond acceptors (Lipinski definition) is 7. The van der Waals surface area contributed by atoms with Crippen LogP contribution in [0.3, 0.4) is 0 Å². The van der Waals surface area contributed by atoms with E-state index in [1.807, 2.05) is 47.6 Å². The van der Waals surface area contributed by atoms with Crippen LogP contribution in [0.1, 0.15) is 54.4 Å². The highest BCUT2D eigenvalue weighted by Gasteiger charge is 2.60. The summed E-state index contributed by atoms with van der Waals surface area (Å²) in [6.45, 7) is 14.7. The van der Waals surface area contributed by atoms with E-state index in [1.54, 1.807) is 0 Å². The standard InChI is InChI=1S/C20H40O7Si2/c1-7-22-28(23-8-2,24-9-3)19-13-15-20(16-14-19,17-18-21)29(25-10-4,26-11-5)27-12-6/h13-15,21H,7-12,16-18H2,1-6H3. The van der Waals surface area contributed by atoms with E-state index >= 15 is 0 Å². The minimum Gasteiger partial charge on any atom is -0.396 e. The fourth-order valence-electron chi connectivity index (χ4n) is 3.74. The Kier molecular flexibility index (Phi) is 12.1. The molecular formula is C20H40O7Si2. The maximum atomic E-state index is 9.87. The molecule has 0 bridgehead atoms. The first-order valence-electron chi connectivity index (χ1n) is 10.8. The van der Waals surface area contributed by atoms with Crippen molar-refractivity contribution in [1.82, 2.24) is 0 Å². The molecule has 0 spiro atoms. The Morgan fingerprint density at radius 1 is 0.793 bits per heavy atom. The van der Waals surface area contributed by atoms with E-state index in [0.29, 0.717) is 52.5 Å². The normalized spacial score (nSPS) is 20.2. The minimum atomic E-state index is -3.11. The molecule has 1 rings (SSSR count). The third kappa shape index (κ3) is 6.08. The predicted molar refractivity (Wildman–Crippen MR) is 117 cm³/mol. The van der Waals surface area contributed by atoms with Crippen molar-refractivity contribution in [2.75, 3.05) is 46.2 Å². The van der Waals surface area contributed by atoms with Crippen molar-refractivity contribution in [1.29, 1.82) is 0 Å². The van der Waals surface area contributed by atoms with Crippen LogP contribution < -0.4 is 0 Å². The monoisotopic (exact) mass is 448 g/mol. The first-order valence-corrected chi connectivity index (χ1v) is 14.3. The number of aliphatic hydroxyl groups is 1. The van der Waals surface area contributed by atoms with E-state index in [9.17, 15) is 5.11 Å². The van der Waals surface area contributed by atoms with Crippen LogP contribution in [-0.2, 0) is 26.6 Å². The molecule has 170 valence electrons. The lowest BCUT2D eigenvalue weighted by molar-refractivity contribution is 0.0450. The number of aliphatic hydroxyl groups excluding tert-OH is 1. The second-order valence-corrected chi connectivity index (χ2v) is 12.1. The van der Waals surface area contributed by atoms with Gasteiger partial charge < -0.3 is 31.7 Å². The highest BCUT2D eigenvalue weighted by Crippen LogP contribution is 2.51. The Labute approximate surface area is 178 Å². The van der Waals surface area contributed by atoms with Gasteiger partial charge in [0.2, 0.25) is 0 Å². The summed E-state index contributed by atoms with van der Waals surface area (Å²) in [7, 11) is -6.10. The molecule has 1 unspecified atom stereocenters. The zero-order valence-electron chi connectivity index (χ0n) is 19.0. The fourth-order valence-corrected chi connectivity index (χ4v) is 9.58. The van der Waals surface area contributed by atoms with Gasteiger partial charge in [-0.3, -0.25) is 0 Å². The van der Waals surface area contributed by atoms with Crippen LogP contribution in [0.4, 0.5) is 0 Å². The van der Waals surface area contributed by atoms with E-state index in [-0.39, 0.29) is 6.61 Å². The van der Waals surface area contributed by atoms with Crippen LogP contribution in [0.15, 0.2) is 23.4 Å². The maximum absolute atomic E-state index is 9.87. The van der Waals surface area contributed by atoms with Gasteiger partial charge in [0.15, 0.2) is 0 Å². The van der Waals surface area contributed by atoms with Gasteiger partial charge in [0.05, 0.1) is 5.04 Å². The average molecular weight is 449 g/mol. The average Bonchev–Trinajstić information content (AvgIpc) is 2.69. The SMILES string of the molecule is CCO[Si](OCC)(OCC)C1=CCC(CCO)([Si](OCC)(OCC)OCC)C=C1. The molecule has 0 aliphatic heterocycles. The Morgan fingerprint density at radius 3 is 1.55 bits per heavy atom. The Hall–Kier alpha value is -0.366. The highest BCUT2D eigenvalue weighted by molar-refractivity contribution is 6.70. The minimum absolute atomic E-state index is 0.0143. The van der Waals surface area contributed by atoms with Crippen LogP contribution in [0.25, 0.3) is 0 Å². The molecule has 0 amide bonds. The van der Waals surface area contributed by atoms with Gasteiger partial charge in [-0.2, -0.15) is 0 Å². The quantitative estimate of drug-likeness (QED) is 0.361. The molecule has 0 heterocycles. The summed E-state index contributed by atoms with van der Waals surface area (Å²) in [4.78, 5) is 0. The summed E-state index contributed by atoms with van der Waals surface area (Å²) in [5.41, 5.74) is 0. The number of allylic oxidation sites excluding steroid dienone is 4. The van der Waals surface area contributed by atoms with Gasteiger partial charge in [-0.05, 0) is 54.4 Å². The van der Waals surface area contributed by atoms with Crippen LogP contribution in [0.5, 0.6) is 0 Å². The summed E-state index contributed by atoms with van der Waals surface area (Å²) in [5.74, 6) is 0. The van der Waals surface area contributed by atoms with Crippen molar-refractivity contribution >= 4 is 17.6 Å². The second-order valence-electron chi connectivity index (χ2n) is 6.54. The van der Waals surface area contributed by atoms with Gasteiger partial charge in [-0.15, -0.1) is 0 Å². The van der Waals surface area contributed by atoms with Crippen molar-refractivity contribution in [2.45, 2.75) is 59.4 Å². The Morgan fingerprint density at radius 2 is 1.24 bits per heavy atom. The largest absolute Gasteiger partial charge is 0.536 e. The highest BCUT2D eigenvalue weighted by atomic mass is 28.4. The van der Waals surface area contributed by atoms with Crippen molar-refractivity contribution in [2.24, 2.45) is 0 Å². The Bertz CT molecular complexity index is 493. The van der Waals surface area contributed by atoms with Gasteiger partial charge in [0, 0.05) is 51.4 Å². The smallest absolute Gasteiger partial charge is 0.396 e. The molecule has 0 aromatic heterocycles. The molecule has 0 saturated heterocycles. The van der Waals surface area contributed by atoms with Gasteiger partial charge in [-0.25, -0.2) is 0 Å². The molecule has 0 aromatic carbocycles. The summed E-state index contributed by atoms with van der Waals surface area (Å²) in [6.07, 6.45) is 7.27. The molecule has 0 aromatic rings. The van der Waals surface area contributed by atoms with Crippen LogP contribution in [0, 0.1) is 0 Å². The lowest BCUT2D eigenvalue weighted by atomic mass is 9.96. The molecular weight excluding hydrogens is 408 g/mol. The lowest BCUT2D eigenvalue weighted by Gasteiger charge is -2.44. The molecule has 1 aliphatic carbocycles. The zero-order chi connectivity index (χ0) is 21.8. The second kappa shape index (κ2) is 13.1. The molecule has 0 saturated carbocycles. The van der Waals surface area contributed by atoms with E-state index in [2.05, 4.69) is 12.2 Å². The van der Waals surface area contributed by atoms with Crippen molar-refractivity contribution < 1.29 is 31.7 Å². The van der Waals surface area contributed by atoms with Gasteiger partial charge in [-0.1, -0.05) is 18.2 Å². The molecule has 7 nitrogen and oxygen atoms in total. The summed E-state index contributed by atoms with van der Waals surface area (Å²) in [5, 5.41) is 10.3. The third-order valence-electron chi connectivity index (χ3n) is 4.80. The van der Waals surface area contributed by atoms with Crippen molar-refractivity contribution in [3.05, 3.63) is 23.4 Å². The van der Waals surface area contributed by atoms with Gasteiger partial charge >= 0.3 is 17.6 Å². The van der Waals surface area contributed by atoms with Gasteiger partial charge in [0.1, 0.15) is 0 Å². The molecule has 29 heavy (non-hydrogen) atoms. The topological polar surface area (TPSA) is 75.6 Å². The maximum Gasteiger partial charge on any atom is 0.536 e.